The zero-order valence-corrected chi connectivity index (χ0v) is 13.3. The third-order valence-corrected chi connectivity index (χ3v) is 4.47. The predicted molar refractivity (Wildman–Crippen MR) is 79.3 cm³/mol. The fourth-order valence-corrected chi connectivity index (χ4v) is 2.34. The van der Waals surface area contributed by atoms with Crippen LogP contribution in [0, 0.1) is 34.6 Å². The van der Waals surface area contributed by atoms with E-state index < -0.39 is 12.0 Å². The first-order chi connectivity index (χ1) is 9.11. The van der Waals surface area contributed by atoms with Crippen molar-refractivity contribution in [3.05, 3.63) is 33.4 Å². The van der Waals surface area contributed by atoms with Gasteiger partial charge in [-0.15, -0.1) is 0 Å². The van der Waals surface area contributed by atoms with Gasteiger partial charge in [0, 0.05) is 12.6 Å². The van der Waals surface area contributed by atoms with E-state index in [1.807, 2.05) is 34.6 Å². The molecule has 0 aromatic heterocycles. The van der Waals surface area contributed by atoms with Crippen LogP contribution in [0.3, 0.4) is 0 Å². The molecule has 1 atom stereocenters. The number of carbonyl (C=O) groups excluding carboxylic acids is 1. The largest absolute Gasteiger partial charge is 0.480 e. The van der Waals surface area contributed by atoms with E-state index in [2.05, 4.69) is 0 Å². The second-order valence-electron chi connectivity index (χ2n) is 5.43. The van der Waals surface area contributed by atoms with Crippen molar-refractivity contribution in [2.75, 3.05) is 7.05 Å². The van der Waals surface area contributed by atoms with Crippen LogP contribution in [0.5, 0.6) is 0 Å². The minimum absolute atomic E-state index is 0.235. The number of hydrogen-bond acceptors (Lipinski definition) is 2. The quantitative estimate of drug-likeness (QED) is 0.924. The molecule has 1 unspecified atom stereocenters. The van der Waals surface area contributed by atoms with Crippen LogP contribution < -0.4 is 0 Å². The first-order valence-electron chi connectivity index (χ1n) is 6.68. The minimum atomic E-state index is -1.00. The first kappa shape index (κ1) is 16.2. The summed E-state index contributed by atoms with van der Waals surface area (Å²) in [5.41, 5.74) is 5.85. The lowest BCUT2D eigenvalue weighted by Gasteiger charge is -2.25. The molecule has 0 fully saturated rings. The molecule has 0 radical (unpaired) electrons. The average Bonchev–Trinajstić information content (AvgIpc) is 2.41. The van der Waals surface area contributed by atoms with Crippen LogP contribution >= 0.6 is 0 Å². The number of rotatable bonds is 3. The Kier molecular flexibility index (Phi) is 4.58. The van der Waals surface area contributed by atoms with E-state index >= 15 is 0 Å². The van der Waals surface area contributed by atoms with Gasteiger partial charge in [-0.1, -0.05) is 0 Å². The molecule has 0 saturated heterocycles. The van der Waals surface area contributed by atoms with Crippen LogP contribution in [0.1, 0.15) is 45.1 Å². The van der Waals surface area contributed by atoms with Gasteiger partial charge in [0.25, 0.3) is 5.91 Å². The molecule has 1 N–H and O–H groups in total. The molecule has 20 heavy (non-hydrogen) atoms. The molecule has 1 aromatic rings. The third-order valence-electron chi connectivity index (χ3n) is 4.47. The fraction of sp³-hybridized carbons (Fsp3) is 0.500. The average molecular weight is 277 g/mol. The molecule has 0 bridgehead atoms. The summed E-state index contributed by atoms with van der Waals surface area (Å²) in [6.45, 7) is 11.4. The summed E-state index contributed by atoms with van der Waals surface area (Å²) in [6, 6.07) is -0.844. The first-order valence-corrected chi connectivity index (χ1v) is 6.68. The summed E-state index contributed by atoms with van der Waals surface area (Å²) in [5.74, 6) is -1.24. The van der Waals surface area contributed by atoms with E-state index in [9.17, 15) is 9.59 Å². The molecular formula is C16H23NO3. The Morgan fingerprint density at radius 3 is 1.60 bits per heavy atom. The summed E-state index contributed by atoms with van der Waals surface area (Å²) in [5, 5.41) is 9.05. The van der Waals surface area contributed by atoms with Crippen LogP contribution in [0.15, 0.2) is 0 Å². The molecule has 0 spiro atoms. The summed E-state index contributed by atoms with van der Waals surface area (Å²) >= 11 is 0. The molecule has 1 amide bonds. The van der Waals surface area contributed by atoms with Crippen LogP contribution in [-0.4, -0.2) is 35.0 Å². The van der Waals surface area contributed by atoms with Gasteiger partial charge in [-0.05, 0) is 69.4 Å². The van der Waals surface area contributed by atoms with Gasteiger partial charge in [0.1, 0.15) is 6.04 Å². The number of nitrogens with zero attached hydrogens (tertiary/aromatic N) is 1. The van der Waals surface area contributed by atoms with Gasteiger partial charge in [0.05, 0.1) is 0 Å². The van der Waals surface area contributed by atoms with Gasteiger partial charge >= 0.3 is 5.97 Å². The van der Waals surface area contributed by atoms with Crippen molar-refractivity contribution in [2.45, 2.75) is 47.6 Å². The van der Waals surface area contributed by atoms with Gasteiger partial charge in [0.15, 0.2) is 0 Å². The topological polar surface area (TPSA) is 57.6 Å². The smallest absolute Gasteiger partial charge is 0.326 e. The number of carbonyl (C=O) groups is 2. The van der Waals surface area contributed by atoms with E-state index in [1.54, 1.807) is 0 Å². The molecule has 4 heteroatoms. The molecule has 0 heterocycles. The number of benzene rings is 1. The van der Waals surface area contributed by atoms with Crippen molar-refractivity contribution >= 4 is 11.9 Å². The highest BCUT2D eigenvalue weighted by Crippen LogP contribution is 2.27. The lowest BCUT2D eigenvalue weighted by Crippen LogP contribution is -2.41. The lowest BCUT2D eigenvalue weighted by molar-refractivity contribution is -0.141. The summed E-state index contributed by atoms with van der Waals surface area (Å²) in [7, 11) is 1.53. The van der Waals surface area contributed by atoms with E-state index in [0.29, 0.717) is 5.56 Å². The van der Waals surface area contributed by atoms with Gasteiger partial charge in [-0.3, -0.25) is 4.79 Å². The molecular weight excluding hydrogens is 254 g/mol. The molecule has 0 aliphatic rings. The van der Waals surface area contributed by atoms with Crippen molar-refractivity contribution in [3.63, 3.8) is 0 Å². The Morgan fingerprint density at radius 1 is 0.900 bits per heavy atom. The van der Waals surface area contributed by atoms with E-state index in [-0.39, 0.29) is 5.91 Å². The minimum Gasteiger partial charge on any atom is -0.480 e. The number of hydrogen-bond donors (Lipinski definition) is 1. The molecule has 0 aliphatic heterocycles. The van der Waals surface area contributed by atoms with Crippen LogP contribution in [0.4, 0.5) is 0 Å². The number of aliphatic carboxylic acids is 1. The Labute approximate surface area is 120 Å². The van der Waals surface area contributed by atoms with Gasteiger partial charge in [-0.2, -0.15) is 0 Å². The van der Waals surface area contributed by atoms with E-state index in [0.717, 1.165) is 22.3 Å². The molecule has 4 nitrogen and oxygen atoms in total. The van der Waals surface area contributed by atoms with Gasteiger partial charge in [-0.25, -0.2) is 4.79 Å². The summed E-state index contributed by atoms with van der Waals surface area (Å²) in [6.07, 6.45) is 0. The number of likely N-dealkylation sites (N-methyl/N-ethyl adjacent to an activating group) is 1. The monoisotopic (exact) mass is 277 g/mol. The highest BCUT2D eigenvalue weighted by Gasteiger charge is 2.26. The normalized spacial score (nSPS) is 12.2. The maximum Gasteiger partial charge on any atom is 0.326 e. The summed E-state index contributed by atoms with van der Waals surface area (Å²) in [4.78, 5) is 24.9. The van der Waals surface area contributed by atoms with Gasteiger partial charge < -0.3 is 10.0 Å². The Balaban J connectivity index is 3.41. The molecule has 1 rings (SSSR count). The van der Waals surface area contributed by atoms with Crippen LogP contribution in [0.25, 0.3) is 0 Å². The Morgan fingerprint density at radius 2 is 1.25 bits per heavy atom. The van der Waals surface area contributed by atoms with Crippen molar-refractivity contribution in [1.82, 2.24) is 4.90 Å². The zero-order chi connectivity index (χ0) is 15.8. The van der Waals surface area contributed by atoms with Crippen molar-refractivity contribution < 1.29 is 14.7 Å². The Bertz CT molecular complexity index is 547. The van der Waals surface area contributed by atoms with E-state index in [1.165, 1.54) is 24.4 Å². The molecule has 1 aromatic carbocycles. The Hall–Kier alpha value is -1.84. The number of amides is 1. The van der Waals surface area contributed by atoms with Crippen LogP contribution in [0.2, 0.25) is 0 Å². The zero-order valence-electron chi connectivity index (χ0n) is 13.3. The fourth-order valence-electron chi connectivity index (χ4n) is 2.34. The van der Waals surface area contributed by atoms with Crippen molar-refractivity contribution in [1.29, 1.82) is 0 Å². The molecule has 110 valence electrons. The highest BCUT2D eigenvalue weighted by molar-refractivity contribution is 5.99. The third kappa shape index (κ3) is 2.55. The van der Waals surface area contributed by atoms with Crippen LogP contribution in [-0.2, 0) is 4.79 Å². The van der Waals surface area contributed by atoms with Crippen molar-refractivity contribution in [3.8, 4) is 0 Å². The van der Waals surface area contributed by atoms with Gasteiger partial charge in [0.2, 0.25) is 0 Å². The number of carboxylic acid groups (broad SMARTS) is 1. The highest BCUT2D eigenvalue weighted by atomic mass is 16.4. The maximum absolute atomic E-state index is 12.6. The molecule has 0 saturated carbocycles. The van der Waals surface area contributed by atoms with E-state index in [4.69, 9.17) is 5.11 Å². The lowest BCUT2D eigenvalue weighted by atomic mass is 9.89. The number of carboxylic acids is 1. The maximum atomic E-state index is 12.6. The standard InChI is InChI=1S/C16H23NO3/c1-8-9(2)11(4)14(12(5)10(8)3)15(18)17(7)13(6)16(19)20/h13H,1-7H3,(H,19,20). The second-order valence-corrected chi connectivity index (χ2v) is 5.43. The summed E-state index contributed by atoms with van der Waals surface area (Å²) < 4.78 is 0. The van der Waals surface area contributed by atoms with Crippen molar-refractivity contribution in [2.24, 2.45) is 0 Å². The SMILES string of the molecule is Cc1c(C)c(C)c(C(=O)N(C)C(C)C(=O)O)c(C)c1C. The molecule has 0 aliphatic carbocycles. The predicted octanol–water partition coefficient (Wildman–Crippen LogP) is 2.77. The second kappa shape index (κ2) is 5.65.